The highest BCUT2D eigenvalue weighted by molar-refractivity contribution is 5.84. The lowest BCUT2D eigenvalue weighted by molar-refractivity contribution is -0.123. The lowest BCUT2D eigenvalue weighted by Crippen LogP contribution is -2.48. The number of rotatable bonds is 8. The quantitative estimate of drug-likeness (QED) is 0.291. The van der Waals surface area contributed by atoms with Gasteiger partial charge in [0.1, 0.15) is 11.6 Å². The molecule has 1 amide bonds. The third kappa shape index (κ3) is 5.76. The van der Waals surface area contributed by atoms with Crippen LogP contribution in [0.4, 0.5) is 10.1 Å². The molecule has 0 saturated carbocycles. The summed E-state index contributed by atoms with van der Waals surface area (Å²) in [4.78, 5) is 14.5. The molecule has 0 fully saturated rings. The molecule has 5 nitrogen and oxygen atoms in total. The molecule has 6 heteroatoms. The zero-order chi connectivity index (χ0) is 25.7. The number of anilines is 1. The topological polar surface area (TPSA) is 53.9 Å². The Morgan fingerprint density at radius 3 is 2.53 bits per heavy atom. The molecule has 0 bridgehead atoms. The van der Waals surface area contributed by atoms with Crippen LogP contribution >= 0.6 is 0 Å². The first-order valence-electron chi connectivity index (χ1n) is 12.5. The normalized spacial score (nSPS) is 16.6. The van der Waals surface area contributed by atoms with Crippen molar-refractivity contribution >= 4 is 17.8 Å². The molecule has 3 aromatic carbocycles. The smallest absolute Gasteiger partial charge is 0.277 e. The fraction of sp³-hybridized carbons (Fsp3) is 0.333. The van der Waals surface area contributed by atoms with Gasteiger partial charge in [0, 0.05) is 23.3 Å². The molecule has 0 aliphatic carbocycles. The summed E-state index contributed by atoms with van der Waals surface area (Å²) in [5.74, 6) is 0.115. The van der Waals surface area contributed by atoms with Crippen LogP contribution in [0.1, 0.15) is 57.6 Å². The second-order valence-corrected chi connectivity index (χ2v) is 9.97. The van der Waals surface area contributed by atoms with Crippen molar-refractivity contribution in [1.82, 2.24) is 5.43 Å². The van der Waals surface area contributed by atoms with Crippen molar-refractivity contribution in [3.8, 4) is 16.9 Å². The van der Waals surface area contributed by atoms with Crippen LogP contribution in [0.3, 0.4) is 0 Å². The molecule has 188 valence electrons. The molecule has 1 unspecified atom stereocenters. The molecule has 1 atom stereocenters. The van der Waals surface area contributed by atoms with E-state index in [9.17, 15) is 9.18 Å². The molecule has 1 N–H and O–H groups in total. The molecule has 0 saturated heterocycles. The molecule has 0 aromatic heterocycles. The van der Waals surface area contributed by atoms with E-state index in [2.05, 4.69) is 43.1 Å². The summed E-state index contributed by atoms with van der Waals surface area (Å²) in [6.45, 7) is 9.43. The molecular weight excluding hydrogens is 453 g/mol. The molecule has 0 radical (unpaired) electrons. The van der Waals surface area contributed by atoms with Gasteiger partial charge >= 0.3 is 0 Å². The fourth-order valence-corrected chi connectivity index (χ4v) is 5.00. The highest BCUT2D eigenvalue weighted by Crippen LogP contribution is 2.44. The standard InChI is InChI=1S/C30H34FN3O2/c1-5-15-34-28-17-27(31)24(16-26(28)21(2)18-30(34,3)4)19-32-33-29(35)20-36-25-13-11-23(12-14-25)22-9-7-6-8-10-22/h6-14,16-17,19,21H,5,15,18,20H2,1-4H3,(H,33,35)/b32-19+. The average Bonchev–Trinajstić information content (AvgIpc) is 2.86. The largest absolute Gasteiger partial charge is 0.484 e. The zero-order valence-corrected chi connectivity index (χ0v) is 21.4. The van der Waals surface area contributed by atoms with E-state index in [0.717, 1.165) is 41.8 Å². The Bertz CT molecular complexity index is 1220. The third-order valence-corrected chi connectivity index (χ3v) is 6.68. The van der Waals surface area contributed by atoms with Crippen molar-refractivity contribution in [2.45, 2.75) is 52.0 Å². The van der Waals surface area contributed by atoms with Gasteiger partial charge in [0.05, 0.1) is 6.21 Å². The van der Waals surface area contributed by atoms with Gasteiger partial charge in [-0.1, -0.05) is 56.3 Å². The van der Waals surface area contributed by atoms with Gasteiger partial charge in [-0.3, -0.25) is 4.79 Å². The molecule has 4 rings (SSSR count). The maximum absolute atomic E-state index is 15.0. The molecule has 36 heavy (non-hydrogen) atoms. The summed E-state index contributed by atoms with van der Waals surface area (Å²) in [5.41, 5.74) is 7.00. The minimum Gasteiger partial charge on any atom is -0.484 e. The van der Waals surface area contributed by atoms with Gasteiger partial charge in [-0.2, -0.15) is 5.10 Å². The summed E-state index contributed by atoms with van der Waals surface area (Å²) in [5, 5.41) is 3.97. The van der Waals surface area contributed by atoms with Crippen molar-refractivity contribution in [2.75, 3.05) is 18.1 Å². The molecule has 1 aliphatic rings. The maximum Gasteiger partial charge on any atom is 0.277 e. The van der Waals surface area contributed by atoms with Crippen LogP contribution in [0.2, 0.25) is 0 Å². The summed E-state index contributed by atoms with van der Waals surface area (Å²) in [7, 11) is 0. The number of hydrogen-bond acceptors (Lipinski definition) is 4. The first-order valence-corrected chi connectivity index (χ1v) is 12.5. The summed E-state index contributed by atoms with van der Waals surface area (Å²) < 4.78 is 20.5. The van der Waals surface area contributed by atoms with E-state index in [1.165, 1.54) is 6.21 Å². The van der Waals surface area contributed by atoms with Crippen molar-refractivity contribution in [3.05, 3.63) is 83.7 Å². The van der Waals surface area contributed by atoms with E-state index in [4.69, 9.17) is 4.74 Å². The predicted octanol–water partition coefficient (Wildman–Crippen LogP) is 6.52. The van der Waals surface area contributed by atoms with Gasteiger partial charge in [-0.05, 0) is 73.6 Å². The number of benzene rings is 3. The summed E-state index contributed by atoms with van der Waals surface area (Å²) >= 11 is 0. The number of halogens is 1. The van der Waals surface area contributed by atoms with Crippen LogP contribution in [-0.2, 0) is 4.79 Å². The Kier molecular flexibility index (Phi) is 7.73. The average molecular weight is 488 g/mol. The minimum atomic E-state index is -0.416. The minimum absolute atomic E-state index is 0.0275. The highest BCUT2D eigenvalue weighted by Gasteiger charge is 2.36. The van der Waals surface area contributed by atoms with Crippen LogP contribution in [0, 0.1) is 5.82 Å². The lowest BCUT2D eigenvalue weighted by atomic mass is 9.79. The number of nitrogens with zero attached hydrogens (tertiary/aromatic N) is 2. The number of nitrogens with one attached hydrogen (secondary N) is 1. The van der Waals surface area contributed by atoms with Crippen LogP contribution in [-0.4, -0.2) is 30.8 Å². The van der Waals surface area contributed by atoms with Crippen molar-refractivity contribution in [3.63, 3.8) is 0 Å². The number of carbonyl (C=O) groups excluding carboxylic acids is 1. The van der Waals surface area contributed by atoms with Gasteiger partial charge in [-0.15, -0.1) is 0 Å². The van der Waals surface area contributed by atoms with E-state index in [-0.39, 0.29) is 18.0 Å². The highest BCUT2D eigenvalue weighted by atomic mass is 19.1. The Balaban J connectivity index is 1.36. The second-order valence-electron chi connectivity index (χ2n) is 9.97. The number of ether oxygens (including phenoxy) is 1. The summed E-state index contributed by atoms with van der Waals surface area (Å²) in [6.07, 6.45) is 3.34. The van der Waals surface area contributed by atoms with E-state index >= 15 is 0 Å². The Hall–Kier alpha value is -3.67. The number of fused-ring (bicyclic) bond motifs is 1. The Morgan fingerprint density at radius 2 is 1.83 bits per heavy atom. The molecule has 1 aliphatic heterocycles. The van der Waals surface area contributed by atoms with Crippen LogP contribution < -0.4 is 15.1 Å². The van der Waals surface area contributed by atoms with E-state index in [1.807, 2.05) is 60.7 Å². The fourth-order valence-electron chi connectivity index (χ4n) is 5.00. The maximum atomic E-state index is 15.0. The summed E-state index contributed by atoms with van der Waals surface area (Å²) in [6, 6.07) is 21.0. The lowest BCUT2D eigenvalue weighted by Gasteiger charge is -2.47. The predicted molar refractivity (Wildman–Crippen MR) is 144 cm³/mol. The molecule has 0 spiro atoms. The second kappa shape index (κ2) is 10.9. The van der Waals surface area contributed by atoms with Gasteiger partial charge in [0.2, 0.25) is 0 Å². The van der Waals surface area contributed by atoms with Crippen molar-refractivity contribution < 1.29 is 13.9 Å². The SMILES string of the molecule is CCCN1c2cc(F)c(/C=N/NC(=O)COc3ccc(-c4ccccc4)cc3)cc2C(C)CC1(C)C. The first-order chi connectivity index (χ1) is 17.3. The molecular formula is C30H34FN3O2. The van der Waals surface area contributed by atoms with Crippen LogP contribution in [0.15, 0.2) is 71.8 Å². The third-order valence-electron chi connectivity index (χ3n) is 6.68. The van der Waals surface area contributed by atoms with Gasteiger partial charge in [0.15, 0.2) is 6.61 Å². The van der Waals surface area contributed by atoms with E-state index < -0.39 is 5.91 Å². The van der Waals surface area contributed by atoms with Crippen LogP contribution in [0.5, 0.6) is 5.75 Å². The van der Waals surface area contributed by atoms with Gasteiger partial charge in [0.25, 0.3) is 5.91 Å². The zero-order valence-electron chi connectivity index (χ0n) is 21.4. The van der Waals surface area contributed by atoms with Gasteiger partial charge < -0.3 is 9.64 Å². The Labute approximate surface area is 213 Å². The number of amides is 1. The monoisotopic (exact) mass is 487 g/mol. The molecule has 3 aromatic rings. The van der Waals surface area contributed by atoms with Crippen LogP contribution in [0.25, 0.3) is 11.1 Å². The number of carbonyl (C=O) groups is 1. The van der Waals surface area contributed by atoms with E-state index in [1.54, 1.807) is 6.07 Å². The Morgan fingerprint density at radius 1 is 1.14 bits per heavy atom. The van der Waals surface area contributed by atoms with Crippen molar-refractivity contribution in [2.24, 2.45) is 5.10 Å². The van der Waals surface area contributed by atoms with Crippen molar-refractivity contribution in [1.29, 1.82) is 0 Å². The number of hydrazone groups is 1. The first kappa shape index (κ1) is 25.4. The van der Waals surface area contributed by atoms with Gasteiger partial charge in [-0.25, -0.2) is 9.82 Å². The van der Waals surface area contributed by atoms with E-state index in [0.29, 0.717) is 17.2 Å². The number of hydrogen-bond donors (Lipinski definition) is 1. The molecule has 1 heterocycles.